The zero-order chi connectivity index (χ0) is 38.9. The SMILES string of the molecule is Cc1cc(C)c(-c2c3ccc(Br)c4c5ccc6ccc7c(-c8c(C)cc(C)cc8C)c8ccc(Br)c9c%10ccc%11ccc2c2c%11c%10c%10c(c89)c7c6c5c%10c2c34)c(C)c1. The molecule has 0 N–H and O–H groups in total. The van der Waals surface area contributed by atoms with E-state index in [2.05, 4.69) is 170 Å². The molecule has 0 unspecified atom stereocenters. The normalized spacial score (nSPS) is 13.2. The highest BCUT2D eigenvalue weighted by Crippen LogP contribution is 2.62. The van der Waals surface area contributed by atoms with Crippen LogP contribution >= 0.6 is 31.9 Å². The van der Waals surface area contributed by atoms with E-state index in [1.807, 2.05) is 0 Å². The van der Waals surface area contributed by atoms with E-state index in [4.69, 9.17) is 0 Å². The topological polar surface area (TPSA) is 0 Å². The summed E-state index contributed by atoms with van der Waals surface area (Å²) in [6, 6.07) is 38.3. The van der Waals surface area contributed by atoms with Crippen LogP contribution in [0.15, 0.2) is 106 Å². The molecule has 0 heterocycles. The predicted octanol–water partition coefficient (Wildman–Crippen LogP) is 17.7. The molecular formula is C56H34Br2. The van der Waals surface area contributed by atoms with Gasteiger partial charge in [-0.1, -0.05) is 128 Å². The Kier molecular flexibility index (Phi) is 5.79. The van der Waals surface area contributed by atoms with Gasteiger partial charge in [0.25, 0.3) is 0 Å². The molecule has 0 amide bonds. The van der Waals surface area contributed by atoms with Crippen LogP contribution in [-0.4, -0.2) is 0 Å². The van der Waals surface area contributed by atoms with Gasteiger partial charge in [-0.05, 0) is 206 Å². The molecule has 0 spiro atoms. The summed E-state index contributed by atoms with van der Waals surface area (Å²) in [4.78, 5) is 0. The third-order valence-electron chi connectivity index (χ3n) is 14.4. The summed E-state index contributed by atoms with van der Waals surface area (Å²) < 4.78 is 2.31. The second-order valence-electron chi connectivity index (χ2n) is 17.6. The minimum absolute atomic E-state index is 1.16. The van der Waals surface area contributed by atoms with Crippen LogP contribution in [0.1, 0.15) is 33.4 Å². The molecule has 272 valence electrons. The largest absolute Gasteiger partial charge is 0.0557 e. The van der Waals surface area contributed by atoms with Gasteiger partial charge in [-0.3, -0.25) is 0 Å². The van der Waals surface area contributed by atoms with Crippen molar-refractivity contribution in [3.63, 3.8) is 0 Å². The lowest BCUT2D eigenvalue weighted by Gasteiger charge is -2.30. The predicted molar refractivity (Wildman–Crippen MR) is 261 cm³/mol. The summed E-state index contributed by atoms with van der Waals surface area (Å²) in [6.07, 6.45) is 0. The number of hydrogen-bond acceptors (Lipinski definition) is 0. The Morgan fingerprint density at radius 1 is 0.259 bits per heavy atom. The van der Waals surface area contributed by atoms with Crippen molar-refractivity contribution < 1.29 is 0 Å². The first kappa shape index (κ1) is 32.4. The van der Waals surface area contributed by atoms with E-state index in [0.29, 0.717) is 0 Å². The fraction of sp³-hybridized carbons (Fsp3) is 0.107. The van der Waals surface area contributed by atoms with Crippen LogP contribution in [0.25, 0.3) is 141 Å². The molecule has 14 aromatic rings. The van der Waals surface area contributed by atoms with Crippen molar-refractivity contribution in [3.8, 4) is 22.3 Å². The summed E-state index contributed by atoms with van der Waals surface area (Å²) in [5, 5.41) is 30.2. The first-order valence-corrected chi connectivity index (χ1v) is 22.0. The zero-order valence-electron chi connectivity index (χ0n) is 33.0. The Hall–Kier alpha value is -5.54. The molecule has 0 aliphatic rings. The molecule has 0 saturated carbocycles. The van der Waals surface area contributed by atoms with Crippen molar-refractivity contribution in [2.45, 2.75) is 41.5 Å². The first-order chi connectivity index (χ1) is 28.1. The standard InChI is InChI=1S/C56H34Br2/c1-23-19-25(3)39(26(4)20-23)43-31-11-7-29-9-14-36-46-38(58)18-16-34-44(40-27(5)21-24(2)22-28(40)6)32-12-8-30-10-13-35-45-37(57)17-15-33(43)51(45)53-47(31)41(29)49(36)56-54(52(34)46)48(32)42(30)50(35)55(53)56/h7-22H,1-6H3. The molecule has 0 aliphatic carbocycles. The molecule has 2 heteroatoms. The van der Waals surface area contributed by atoms with E-state index in [1.165, 1.54) is 174 Å². The zero-order valence-corrected chi connectivity index (χ0v) is 36.2. The Morgan fingerprint density at radius 2 is 0.534 bits per heavy atom. The van der Waals surface area contributed by atoms with Crippen molar-refractivity contribution in [3.05, 3.63) is 139 Å². The number of hydrogen-bond donors (Lipinski definition) is 0. The fourth-order valence-electron chi connectivity index (χ4n) is 12.8. The van der Waals surface area contributed by atoms with Gasteiger partial charge in [0.15, 0.2) is 0 Å². The molecule has 0 nitrogen and oxygen atoms in total. The van der Waals surface area contributed by atoms with Crippen LogP contribution in [0.3, 0.4) is 0 Å². The summed E-state index contributed by atoms with van der Waals surface area (Å²) in [5.41, 5.74) is 13.4. The molecule has 0 aromatic heterocycles. The van der Waals surface area contributed by atoms with Crippen molar-refractivity contribution in [1.82, 2.24) is 0 Å². The highest BCUT2D eigenvalue weighted by atomic mass is 79.9. The molecule has 0 bridgehead atoms. The number of halogens is 2. The van der Waals surface area contributed by atoms with Crippen LogP contribution < -0.4 is 0 Å². The van der Waals surface area contributed by atoms with Crippen LogP contribution in [0.4, 0.5) is 0 Å². The van der Waals surface area contributed by atoms with E-state index in [9.17, 15) is 0 Å². The Bertz CT molecular complexity index is 3830. The van der Waals surface area contributed by atoms with Crippen LogP contribution in [0.5, 0.6) is 0 Å². The summed E-state index contributed by atoms with van der Waals surface area (Å²) in [6.45, 7) is 13.7. The van der Waals surface area contributed by atoms with E-state index in [1.54, 1.807) is 0 Å². The number of rotatable bonds is 2. The monoisotopic (exact) mass is 864 g/mol. The highest BCUT2D eigenvalue weighted by Gasteiger charge is 2.33. The minimum atomic E-state index is 1.16. The molecular weight excluding hydrogens is 832 g/mol. The Labute approximate surface area is 351 Å². The molecule has 58 heavy (non-hydrogen) atoms. The smallest absolute Gasteiger partial charge is 0.0260 e. The summed E-state index contributed by atoms with van der Waals surface area (Å²) in [5.74, 6) is 0. The lowest BCUT2D eigenvalue weighted by atomic mass is 9.72. The quantitative estimate of drug-likeness (QED) is 0.120. The number of fused-ring (bicyclic) bond motifs is 2. The van der Waals surface area contributed by atoms with Gasteiger partial charge < -0.3 is 0 Å². The van der Waals surface area contributed by atoms with Gasteiger partial charge in [0.2, 0.25) is 0 Å². The average molecular weight is 867 g/mol. The summed E-state index contributed by atoms with van der Waals surface area (Å²) in [7, 11) is 0. The van der Waals surface area contributed by atoms with Crippen LogP contribution in [0, 0.1) is 41.5 Å². The van der Waals surface area contributed by atoms with Gasteiger partial charge in [-0.15, -0.1) is 0 Å². The molecule has 0 radical (unpaired) electrons. The highest BCUT2D eigenvalue weighted by molar-refractivity contribution is 9.11. The first-order valence-electron chi connectivity index (χ1n) is 20.4. The molecule has 14 rings (SSSR count). The second-order valence-corrected chi connectivity index (χ2v) is 19.3. The number of aryl methyl sites for hydroxylation is 6. The van der Waals surface area contributed by atoms with E-state index >= 15 is 0 Å². The molecule has 14 aromatic carbocycles. The van der Waals surface area contributed by atoms with E-state index in [0.717, 1.165) is 8.95 Å². The maximum atomic E-state index is 4.20. The lowest BCUT2D eigenvalue weighted by molar-refractivity contribution is 1.33. The van der Waals surface area contributed by atoms with Gasteiger partial charge >= 0.3 is 0 Å². The van der Waals surface area contributed by atoms with Gasteiger partial charge in [-0.25, -0.2) is 0 Å². The lowest BCUT2D eigenvalue weighted by Crippen LogP contribution is -2.02. The van der Waals surface area contributed by atoms with Gasteiger partial charge in [0.1, 0.15) is 0 Å². The van der Waals surface area contributed by atoms with Gasteiger partial charge in [0, 0.05) is 19.7 Å². The van der Waals surface area contributed by atoms with Gasteiger partial charge in [0.05, 0.1) is 0 Å². The maximum absolute atomic E-state index is 4.20. The van der Waals surface area contributed by atoms with Crippen molar-refractivity contribution in [2.75, 3.05) is 0 Å². The third-order valence-corrected chi connectivity index (χ3v) is 15.7. The average Bonchev–Trinajstić information content (AvgIpc) is 3.19. The van der Waals surface area contributed by atoms with E-state index in [-0.39, 0.29) is 0 Å². The molecule has 0 fully saturated rings. The summed E-state index contributed by atoms with van der Waals surface area (Å²) >= 11 is 8.39. The van der Waals surface area contributed by atoms with Crippen LogP contribution in [0.2, 0.25) is 0 Å². The van der Waals surface area contributed by atoms with Crippen molar-refractivity contribution in [1.29, 1.82) is 0 Å². The third kappa shape index (κ3) is 3.48. The van der Waals surface area contributed by atoms with Crippen LogP contribution in [-0.2, 0) is 0 Å². The maximum Gasteiger partial charge on any atom is 0.0260 e. The molecule has 0 aliphatic heterocycles. The fourth-order valence-corrected chi connectivity index (χ4v) is 13.9. The second kappa shape index (κ2) is 10.4. The molecule has 0 saturated heterocycles. The Morgan fingerprint density at radius 3 is 0.897 bits per heavy atom. The van der Waals surface area contributed by atoms with Crippen molar-refractivity contribution in [2.24, 2.45) is 0 Å². The van der Waals surface area contributed by atoms with E-state index < -0.39 is 0 Å². The Balaban J connectivity index is 1.39. The number of benzene rings is 14. The molecule has 0 atom stereocenters. The van der Waals surface area contributed by atoms with Crippen molar-refractivity contribution >= 4 is 150 Å². The minimum Gasteiger partial charge on any atom is -0.0557 e. The van der Waals surface area contributed by atoms with Gasteiger partial charge in [-0.2, -0.15) is 0 Å².